The number of terminal acetylenes is 1. The molecular formula is C25H29ClN6O. The molecule has 0 radical (unpaired) electrons. The Morgan fingerprint density at radius 1 is 1.15 bits per heavy atom. The Kier molecular flexibility index (Phi) is 7.29. The van der Waals surface area contributed by atoms with E-state index in [0.717, 1.165) is 52.1 Å². The lowest BCUT2D eigenvalue weighted by Gasteiger charge is -2.32. The number of piperazine rings is 1. The largest absolute Gasteiger partial charge is 0.354 e. The lowest BCUT2D eigenvalue weighted by Crippen LogP contribution is -2.44. The van der Waals surface area contributed by atoms with Crippen LogP contribution in [0.3, 0.4) is 0 Å². The average molecular weight is 465 g/mol. The first kappa shape index (κ1) is 23.2. The standard InChI is InChI=1S/C25H29ClN6O/c1-4-18-20-17-28-25(27-11-7-8-12-32-15-13-30(2)14-16-32)29-23(20)31(3)24(33)22(18)19-9-5-6-10-21(19)26/h1,5-6,9-10,17H,7-8,11-16H2,2-3H3,(H,27,28,29). The van der Waals surface area contributed by atoms with Crippen LogP contribution in [0.2, 0.25) is 5.02 Å². The number of pyridine rings is 1. The highest BCUT2D eigenvalue weighted by molar-refractivity contribution is 6.33. The van der Waals surface area contributed by atoms with E-state index in [1.165, 1.54) is 4.57 Å². The lowest BCUT2D eigenvalue weighted by atomic mass is 9.99. The van der Waals surface area contributed by atoms with Crippen LogP contribution in [0.15, 0.2) is 35.3 Å². The average Bonchev–Trinajstić information content (AvgIpc) is 2.83. The molecule has 172 valence electrons. The molecule has 1 aromatic carbocycles. The zero-order valence-corrected chi connectivity index (χ0v) is 19.9. The van der Waals surface area contributed by atoms with Gasteiger partial charge in [0.05, 0.1) is 16.5 Å². The number of nitrogens with zero attached hydrogens (tertiary/aromatic N) is 5. The van der Waals surface area contributed by atoms with E-state index in [1.807, 2.05) is 12.1 Å². The summed E-state index contributed by atoms with van der Waals surface area (Å²) in [4.78, 5) is 27.1. The van der Waals surface area contributed by atoms with Crippen LogP contribution in [0.25, 0.3) is 22.2 Å². The van der Waals surface area contributed by atoms with E-state index in [9.17, 15) is 4.79 Å². The first-order chi connectivity index (χ1) is 16.0. The molecule has 4 rings (SSSR count). The van der Waals surface area contributed by atoms with Crippen molar-refractivity contribution < 1.29 is 0 Å². The predicted octanol–water partition coefficient (Wildman–Crippen LogP) is 3.07. The molecule has 0 bridgehead atoms. The van der Waals surface area contributed by atoms with Gasteiger partial charge in [0.15, 0.2) is 0 Å². The van der Waals surface area contributed by atoms with Crippen LogP contribution in [-0.4, -0.2) is 70.7 Å². The minimum atomic E-state index is -0.236. The third kappa shape index (κ3) is 5.03. The fourth-order valence-electron chi connectivity index (χ4n) is 4.19. The first-order valence-corrected chi connectivity index (χ1v) is 11.6. The molecule has 3 heterocycles. The predicted molar refractivity (Wildman–Crippen MR) is 135 cm³/mol. The van der Waals surface area contributed by atoms with E-state index in [1.54, 1.807) is 25.4 Å². The van der Waals surface area contributed by atoms with Gasteiger partial charge in [-0.3, -0.25) is 9.36 Å². The van der Waals surface area contributed by atoms with Gasteiger partial charge in [-0.25, -0.2) is 4.98 Å². The number of halogens is 1. The summed E-state index contributed by atoms with van der Waals surface area (Å²) in [7, 11) is 3.86. The van der Waals surface area contributed by atoms with Crippen LogP contribution in [-0.2, 0) is 7.05 Å². The second-order valence-corrected chi connectivity index (χ2v) is 8.86. The van der Waals surface area contributed by atoms with Crippen LogP contribution >= 0.6 is 11.6 Å². The number of aryl methyl sites for hydroxylation is 1. The van der Waals surface area contributed by atoms with Crippen molar-refractivity contribution in [3.8, 4) is 23.5 Å². The summed E-state index contributed by atoms with van der Waals surface area (Å²) in [6.07, 6.45) is 9.65. The molecule has 0 amide bonds. The summed E-state index contributed by atoms with van der Waals surface area (Å²) >= 11 is 6.36. The number of aromatic nitrogens is 3. The summed E-state index contributed by atoms with van der Waals surface area (Å²) in [6, 6.07) is 7.19. The maximum Gasteiger partial charge on any atom is 0.261 e. The number of benzene rings is 1. The molecule has 2 aromatic heterocycles. The molecule has 0 saturated carbocycles. The molecule has 1 saturated heterocycles. The number of hydrogen-bond donors (Lipinski definition) is 1. The van der Waals surface area contributed by atoms with Crippen LogP contribution in [0.5, 0.6) is 0 Å². The molecule has 1 N–H and O–H groups in total. The minimum Gasteiger partial charge on any atom is -0.354 e. The van der Waals surface area contributed by atoms with Crippen molar-refractivity contribution in [1.82, 2.24) is 24.3 Å². The third-order valence-corrected chi connectivity index (χ3v) is 6.52. The van der Waals surface area contributed by atoms with E-state index in [4.69, 9.17) is 18.0 Å². The fraction of sp³-hybridized carbons (Fsp3) is 0.400. The van der Waals surface area contributed by atoms with Gasteiger partial charge in [-0.2, -0.15) is 4.98 Å². The van der Waals surface area contributed by atoms with Crippen molar-refractivity contribution in [2.75, 3.05) is 51.6 Å². The van der Waals surface area contributed by atoms with Gasteiger partial charge >= 0.3 is 0 Å². The zero-order valence-electron chi connectivity index (χ0n) is 19.1. The summed E-state index contributed by atoms with van der Waals surface area (Å²) in [5, 5.41) is 4.41. The number of nitrogens with one attached hydrogen (secondary N) is 1. The van der Waals surface area contributed by atoms with E-state index in [0.29, 0.717) is 38.7 Å². The smallest absolute Gasteiger partial charge is 0.261 e. The van der Waals surface area contributed by atoms with E-state index in [2.05, 4.69) is 38.1 Å². The van der Waals surface area contributed by atoms with Crippen LogP contribution in [0.4, 0.5) is 5.95 Å². The topological polar surface area (TPSA) is 66.3 Å². The second kappa shape index (κ2) is 10.3. The highest BCUT2D eigenvalue weighted by atomic mass is 35.5. The van der Waals surface area contributed by atoms with Gasteiger partial charge < -0.3 is 15.1 Å². The molecule has 1 aliphatic heterocycles. The SMILES string of the molecule is C#Cc1c(-c2ccccc2Cl)c(=O)n(C)c2nc(NCCCCN3CCN(C)CC3)ncc12. The summed E-state index contributed by atoms with van der Waals surface area (Å²) in [5.41, 5.74) is 1.72. The number of likely N-dealkylation sites (N-methyl/N-ethyl adjacent to an activating group) is 1. The molecular weight excluding hydrogens is 436 g/mol. The highest BCUT2D eigenvalue weighted by Crippen LogP contribution is 2.30. The van der Waals surface area contributed by atoms with Crippen molar-refractivity contribution in [3.63, 3.8) is 0 Å². The summed E-state index contributed by atoms with van der Waals surface area (Å²) in [5.74, 6) is 3.16. The van der Waals surface area contributed by atoms with Crippen molar-refractivity contribution in [3.05, 3.63) is 51.4 Å². The molecule has 0 unspecified atom stereocenters. The Hall–Kier alpha value is -2.92. The monoisotopic (exact) mass is 464 g/mol. The van der Waals surface area contributed by atoms with E-state index >= 15 is 0 Å². The Morgan fingerprint density at radius 3 is 2.64 bits per heavy atom. The molecule has 0 spiro atoms. The molecule has 1 fully saturated rings. The summed E-state index contributed by atoms with van der Waals surface area (Å²) in [6.45, 7) is 6.43. The van der Waals surface area contributed by atoms with Gasteiger partial charge in [0, 0.05) is 56.6 Å². The van der Waals surface area contributed by atoms with Crippen LogP contribution < -0.4 is 10.9 Å². The molecule has 0 aliphatic carbocycles. The van der Waals surface area contributed by atoms with Gasteiger partial charge in [0.25, 0.3) is 5.56 Å². The van der Waals surface area contributed by atoms with Gasteiger partial charge in [0.1, 0.15) is 5.65 Å². The normalized spacial score (nSPS) is 15.0. The number of hydrogen-bond acceptors (Lipinski definition) is 6. The zero-order chi connectivity index (χ0) is 23.4. The van der Waals surface area contributed by atoms with Crippen LogP contribution in [0.1, 0.15) is 18.4 Å². The van der Waals surface area contributed by atoms with Crippen molar-refractivity contribution in [2.45, 2.75) is 12.8 Å². The van der Waals surface area contributed by atoms with Crippen molar-refractivity contribution in [1.29, 1.82) is 0 Å². The second-order valence-electron chi connectivity index (χ2n) is 8.45. The summed E-state index contributed by atoms with van der Waals surface area (Å²) < 4.78 is 1.51. The Balaban J connectivity index is 1.49. The number of anilines is 1. The Bertz CT molecular complexity index is 1240. The van der Waals surface area contributed by atoms with Gasteiger partial charge in [-0.15, -0.1) is 6.42 Å². The number of fused-ring (bicyclic) bond motifs is 1. The lowest BCUT2D eigenvalue weighted by molar-refractivity contribution is 0.152. The van der Waals surface area contributed by atoms with E-state index < -0.39 is 0 Å². The molecule has 8 heteroatoms. The number of rotatable bonds is 7. The molecule has 33 heavy (non-hydrogen) atoms. The third-order valence-electron chi connectivity index (χ3n) is 6.19. The molecule has 7 nitrogen and oxygen atoms in total. The first-order valence-electron chi connectivity index (χ1n) is 11.3. The van der Waals surface area contributed by atoms with Gasteiger partial charge in [-0.1, -0.05) is 35.7 Å². The maximum atomic E-state index is 13.2. The number of unbranched alkanes of at least 4 members (excludes halogenated alkanes) is 1. The molecule has 0 atom stereocenters. The molecule has 1 aliphatic rings. The minimum absolute atomic E-state index is 0.236. The van der Waals surface area contributed by atoms with Crippen LogP contribution in [0, 0.1) is 12.3 Å². The molecule has 3 aromatic rings. The highest BCUT2D eigenvalue weighted by Gasteiger charge is 2.19. The fourth-order valence-corrected chi connectivity index (χ4v) is 4.42. The van der Waals surface area contributed by atoms with Gasteiger partial charge in [0.2, 0.25) is 5.95 Å². The van der Waals surface area contributed by atoms with E-state index in [-0.39, 0.29) is 5.56 Å². The maximum absolute atomic E-state index is 13.2. The Labute approximate surface area is 199 Å². The van der Waals surface area contributed by atoms with Gasteiger partial charge in [-0.05, 0) is 32.5 Å². The quantitative estimate of drug-likeness (QED) is 0.428. The van der Waals surface area contributed by atoms with Crippen molar-refractivity contribution in [2.24, 2.45) is 7.05 Å². The Morgan fingerprint density at radius 2 is 1.91 bits per heavy atom. The van der Waals surface area contributed by atoms with Crippen molar-refractivity contribution >= 4 is 28.6 Å².